The number of nitrogens with one attached hydrogen (secondary N) is 1. The van der Waals surface area contributed by atoms with Gasteiger partial charge in [0.2, 0.25) is 0 Å². The average Bonchev–Trinajstić information content (AvgIpc) is 2.80. The summed E-state index contributed by atoms with van der Waals surface area (Å²) in [6, 6.07) is 0.0232. The van der Waals surface area contributed by atoms with Gasteiger partial charge in [0.05, 0.1) is 5.54 Å². The van der Waals surface area contributed by atoms with E-state index in [0.29, 0.717) is 5.92 Å². The van der Waals surface area contributed by atoms with E-state index < -0.39 is 5.60 Å². The number of hydrogen-bond acceptors (Lipinski definition) is 3. The second-order valence-corrected chi connectivity index (χ2v) is 6.52. The molecule has 3 N–H and O–H groups in total. The minimum atomic E-state index is -0.456. The summed E-state index contributed by atoms with van der Waals surface area (Å²) >= 11 is 0. The van der Waals surface area contributed by atoms with Crippen LogP contribution < -0.4 is 11.1 Å². The van der Waals surface area contributed by atoms with Crippen LogP contribution in [0.5, 0.6) is 0 Å². The second kappa shape index (κ2) is 4.84. The number of carbonyl (C=O) groups is 1. The molecule has 0 aromatic rings. The normalized spacial score (nSPS) is 19.9. The summed E-state index contributed by atoms with van der Waals surface area (Å²) in [6.45, 7) is 9.87. The number of rotatable bonds is 4. The van der Waals surface area contributed by atoms with Crippen molar-refractivity contribution in [2.45, 2.75) is 71.1 Å². The lowest BCUT2D eigenvalue weighted by Crippen LogP contribution is -2.51. The maximum absolute atomic E-state index is 11.7. The summed E-state index contributed by atoms with van der Waals surface area (Å²) in [5.41, 5.74) is 5.48. The highest BCUT2D eigenvalue weighted by atomic mass is 16.6. The van der Waals surface area contributed by atoms with Gasteiger partial charge < -0.3 is 15.8 Å². The molecular weight excluding hydrogens is 216 g/mol. The lowest BCUT2D eigenvalue weighted by molar-refractivity contribution is 0.0484. The molecule has 0 spiro atoms. The van der Waals surface area contributed by atoms with E-state index in [4.69, 9.17) is 10.5 Å². The Balaban J connectivity index is 2.47. The average molecular weight is 242 g/mol. The zero-order valence-corrected chi connectivity index (χ0v) is 11.7. The van der Waals surface area contributed by atoms with Crippen LogP contribution in [-0.2, 0) is 4.74 Å². The number of nitrogens with two attached hydrogens (primary N) is 1. The van der Waals surface area contributed by atoms with Crippen molar-refractivity contribution in [2.24, 2.45) is 11.7 Å². The van der Waals surface area contributed by atoms with Crippen LogP contribution in [0, 0.1) is 5.92 Å². The molecule has 1 aliphatic rings. The molecule has 0 bridgehead atoms. The molecule has 4 nitrogen and oxygen atoms in total. The molecule has 100 valence electrons. The standard InChI is InChI=1S/C13H26N2O2/c1-9(2)8-10(14)13(6-7-13)15-11(16)17-12(3,4)5/h9-10H,6-8,14H2,1-5H3,(H,15,16). The smallest absolute Gasteiger partial charge is 0.408 e. The van der Waals surface area contributed by atoms with Gasteiger partial charge in [0.25, 0.3) is 0 Å². The molecule has 4 heteroatoms. The van der Waals surface area contributed by atoms with Crippen LogP contribution in [0.1, 0.15) is 53.9 Å². The molecule has 1 rings (SSSR count). The first-order valence-electron chi connectivity index (χ1n) is 6.41. The third-order valence-electron chi connectivity index (χ3n) is 2.97. The first-order chi connectivity index (χ1) is 7.65. The minimum Gasteiger partial charge on any atom is -0.444 e. The number of hydrogen-bond donors (Lipinski definition) is 2. The molecule has 1 atom stereocenters. The third kappa shape index (κ3) is 4.54. The summed E-state index contributed by atoms with van der Waals surface area (Å²) in [7, 11) is 0. The van der Waals surface area contributed by atoms with Crippen molar-refractivity contribution in [1.82, 2.24) is 5.32 Å². The molecular formula is C13H26N2O2. The zero-order valence-electron chi connectivity index (χ0n) is 11.7. The Kier molecular flexibility index (Phi) is 4.07. The lowest BCUT2D eigenvalue weighted by Gasteiger charge is -2.28. The van der Waals surface area contributed by atoms with Crippen molar-refractivity contribution < 1.29 is 9.53 Å². The Morgan fingerprint density at radius 2 is 1.94 bits per heavy atom. The van der Waals surface area contributed by atoms with E-state index in [1.54, 1.807) is 0 Å². The molecule has 17 heavy (non-hydrogen) atoms. The van der Waals surface area contributed by atoms with E-state index in [1.807, 2.05) is 20.8 Å². The zero-order chi connectivity index (χ0) is 13.3. The van der Waals surface area contributed by atoms with E-state index in [1.165, 1.54) is 0 Å². The van der Waals surface area contributed by atoms with Crippen LogP contribution in [0.25, 0.3) is 0 Å². The van der Waals surface area contributed by atoms with Gasteiger partial charge in [-0.05, 0) is 46.0 Å². The van der Waals surface area contributed by atoms with Gasteiger partial charge in [0.1, 0.15) is 5.60 Å². The quantitative estimate of drug-likeness (QED) is 0.795. The predicted octanol–water partition coefficient (Wildman–Crippen LogP) is 2.42. The molecule has 0 radical (unpaired) electrons. The first kappa shape index (κ1) is 14.3. The molecule has 1 saturated carbocycles. The minimum absolute atomic E-state index is 0.0232. The van der Waals surface area contributed by atoms with E-state index in [0.717, 1.165) is 19.3 Å². The van der Waals surface area contributed by atoms with Crippen LogP contribution >= 0.6 is 0 Å². The topological polar surface area (TPSA) is 64.3 Å². The maximum Gasteiger partial charge on any atom is 0.408 e. The third-order valence-corrected chi connectivity index (χ3v) is 2.97. The highest BCUT2D eigenvalue weighted by molar-refractivity contribution is 5.69. The van der Waals surface area contributed by atoms with Crippen molar-refractivity contribution in [3.05, 3.63) is 0 Å². The lowest BCUT2D eigenvalue weighted by atomic mass is 9.96. The molecule has 1 aliphatic carbocycles. The molecule has 0 heterocycles. The Morgan fingerprint density at radius 1 is 1.41 bits per heavy atom. The van der Waals surface area contributed by atoms with E-state index >= 15 is 0 Å². The Hall–Kier alpha value is -0.770. The van der Waals surface area contributed by atoms with Gasteiger partial charge in [-0.1, -0.05) is 13.8 Å². The summed E-state index contributed by atoms with van der Waals surface area (Å²) in [5, 5.41) is 2.94. The highest BCUT2D eigenvalue weighted by Crippen LogP contribution is 2.40. The van der Waals surface area contributed by atoms with Crippen molar-refractivity contribution in [1.29, 1.82) is 0 Å². The van der Waals surface area contributed by atoms with E-state index in [-0.39, 0.29) is 17.7 Å². The fourth-order valence-electron chi connectivity index (χ4n) is 1.96. The Bertz CT molecular complexity index is 278. The van der Waals surface area contributed by atoms with Gasteiger partial charge in [-0.2, -0.15) is 0 Å². The van der Waals surface area contributed by atoms with Crippen molar-refractivity contribution >= 4 is 6.09 Å². The molecule has 0 aromatic carbocycles. The predicted molar refractivity (Wildman–Crippen MR) is 68.8 cm³/mol. The van der Waals surface area contributed by atoms with Crippen LogP contribution in [0.4, 0.5) is 4.79 Å². The summed E-state index contributed by atoms with van der Waals surface area (Å²) in [6.07, 6.45) is 2.49. The fraction of sp³-hybridized carbons (Fsp3) is 0.923. The van der Waals surface area contributed by atoms with E-state index in [9.17, 15) is 4.79 Å². The fourth-order valence-corrected chi connectivity index (χ4v) is 1.96. The number of carbonyl (C=O) groups excluding carboxylic acids is 1. The summed E-state index contributed by atoms with van der Waals surface area (Å²) in [4.78, 5) is 11.7. The van der Waals surface area contributed by atoms with Gasteiger partial charge in [-0.25, -0.2) is 4.79 Å². The Labute approximate surface area is 104 Å². The first-order valence-corrected chi connectivity index (χ1v) is 6.41. The number of alkyl carbamates (subject to hydrolysis) is 1. The number of amides is 1. The SMILES string of the molecule is CC(C)CC(N)C1(NC(=O)OC(C)(C)C)CC1. The van der Waals surface area contributed by atoms with Gasteiger partial charge in [0, 0.05) is 6.04 Å². The summed E-state index contributed by atoms with van der Waals surface area (Å²) < 4.78 is 5.26. The molecule has 1 fully saturated rings. The van der Waals surface area contributed by atoms with Gasteiger partial charge >= 0.3 is 6.09 Å². The van der Waals surface area contributed by atoms with Crippen LogP contribution in [0.2, 0.25) is 0 Å². The monoisotopic (exact) mass is 242 g/mol. The largest absolute Gasteiger partial charge is 0.444 e. The highest BCUT2D eigenvalue weighted by Gasteiger charge is 2.49. The van der Waals surface area contributed by atoms with Crippen LogP contribution in [-0.4, -0.2) is 23.3 Å². The molecule has 0 aromatic heterocycles. The Morgan fingerprint density at radius 3 is 2.29 bits per heavy atom. The molecule has 1 unspecified atom stereocenters. The molecule has 0 aliphatic heterocycles. The summed E-state index contributed by atoms with van der Waals surface area (Å²) in [5.74, 6) is 0.544. The molecule has 1 amide bonds. The maximum atomic E-state index is 11.7. The number of ether oxygens (including phenoxy) is 1. The van der Waals surface area contributed by atoms with Crippen molar-refractivity contribution in [3.8, 4) is 0 Å². The van der Waals surface area contributed by atoms with Crippen LogP contribution in [0.15, 0.2) is 0 Å². The van der Waals surface area contributed by atoms with Gasteiger partial charge in [-0.15, -0.1) is 0 Å². The van der Waals surface area contributed by atoms with Crippen LogP contribution in [0.3, 0.4) is 0 Å². The van der Waals surface area contributed by atoms with Crippen molar-refractivity contribution in [2.75, 3.05) is 0 Å². The van der Waals surface area contributed by atoms with Gasteiger partial charge in [-0.3, -0.25) is 0 Å². The second-order valence-electron chi connectivity index (χ2n) is 6.52. The van der Waals surface area contributed by atoms with Crippen molar-refractivity contribution in [3.63, 3.8) is 0 Å². The molecule has 0 saturated heterocycles. The van der Waals surface area contributed by atoms with Gasteiger partial charge in [0.15, 0.2) is 0 Å². The van der Waals surface area contributed by atoms with E-state index in [2.05, 4.69) is 19.2 Å².